The maximum atomic E-state index is 9.11. The number of rotatable bonds is 0. The average Bonchev–Trinajstić information content (AvgIpc) is 2.77. The van der Waals surface area contributed by atoms with Crippen LogP contribution in [-0.2, 0) is 6.54 Å². The van der Waals surface area contributed by atoms with Gasteiger partial charge in [0.05, 0.1) is 11.6 Å². The van der Waals surface area contributed by atoms with Crippen molar-refractivity contribution in [2.75, 3.05) is 6.54 Å². The Hall–Kier alpha value is -1.37. The smallest absolute Gasteiger partial charge is 0.0995 e. The molecule has 1 aromatic carbocycles. The van der Waals surface area contributed by atoms with Gasteiger partial charge in [0.15, 0.2) is 0 Å². The summed E-state index contributed by atoms with van der Waals surface area (Å²) >= 11 is 0. The molecule has 16 heavy (non-hydrogen) atoms. The fraction of sp³-hybridized carbons (Fsp3) is 0.462. The topological polar surface area (TPSA) is 53.0 Å². The first kappa shape index (κ1) is 9.83. The summed E-state index contributed by atoms with van der Waals surface area (Å²) in [5, 5.41) is 9.11. The molecule has 1 aromatic rings. The number of nitrogens with two attached hydrogens (primary N) is 1. The number of benzene rings is 1. The van der Waals surface area contributed by atoms with Crippen LogP contribution >= 0.6 is 0 Å². The molecule has 0 spiro atoms. The second-order valence-electron chi connectivity index (χ2n) is 4.69. The zero-order valence-corrected chi connectivity index (χ0v) is 9.19. The monoisotopic (exact) mass is 213 g/mol. The summed E-state index contributed by atoms with van der Waals surface area (Å²) in [5.74, 6) is 0. The van der Waals surface area contributed by atoms with Crippen molar-refractivity contribution in [1.82, 2.24) is 4.90 Å². The molecule has 1 fully saturated rings. The van der Waals surface area contributed by atoms with E-state index in [1.54, 1.807) is 0 Å². The van der Waals surface area contributed by atoms with E-state index in [-0.39, 0.29) is 6.04 Å². The highest BCUT2D eigenvalue weighted by molar-refractivity contribution is 5.46. The lowest BCUT2D eigenvalue weighted by atomic mass is 9.87. The van der Waals surface area contributed by atoms with Gasteiger partial charge in [-0.3, -0.25) is 4.90 Å². The van der Waals surface area contributed by atoms with Crippen LogP contribution in [0.1, 0.15) is 35.6 Å². The largest absolute Gasteiger partial charge is 0.323 e. The van der Waals surface area contributed by atoms with Crippen LogP contribution in [0.5, 0.6) is 0 Å². The maximum Gasteiger partial charge on any atom is 0.0995 e. The van der Waals surface area contributed by atoms with Crippen LogP contribution < -0.4 is 5.73 Å². The Balaban J connectivity index is 2.11. The number of fused-ring (bicyclic) bond motifs is 2. The summed E-state index contributed by atoms with van der Waals surface area (Å²) in [6.45, 7) is 2.02. The van der Waals surface area contributed by atoms with E-state index in [0.29, 0.717) is 6.04 Å². The summed E-state index contributed by atoms with van der Waals surface area (Å²) in [5.41, 5.74) is 9.43. The Morgan fingerprint density at radius 2 is 2.31 bits per heavy atom. The van der Waals surface area contributed by atoms with Crippen molar-refractivity contribution >= 4 is 0 Å². The first-order chi connectivity index (χ1) is 7.81. The second kappa shape index (κ2) is 3.58. The Morgan fingerprint density at radius 1 is 1.44 bits per heavy atom. The highest BCUT2D eigenvalue weighted by Gasteiger charge is 2.36. The van der Waals surface area contributed by atoms with E-state index in [0.717, 1.165) is 24.2 Å². The van der Waals surface area contributed by atoms with Crippen LogP contribution in [0.4, 0.5) is 0 Å². The van der Waals surface area contributed by atoms with Gasteiger partial charge in [0.25, 0.3) is 0 Å². The van der Waals surface area contributed by atoms with E-state index in [1.807, 2.05) is 12.1 Å². The summed E-state index contributed by atoms with van der Waals surface area (Å²) in [6, 6.07) is 8.76. The Morgan fingerprint density at radius 3 is 3.12 bits per heavy atom. The van der Waals surface area contributed by atoms with Crippen molar-refractivity contribution in [2.24, 2.45) is 5.73 Å². The van der Waals surface area contributed by atoms with E-state index < -0.39 is 0 Å². The Kier molecular flexibility index (Phi) is 2.20. The molecule has 0 aromatic heterocycles. The van der Waals surface area contributed by atoms with E-state index in [4.69, 9.17) is 11.0 Å². The van der Waals surface area contributed by atoms with Gasteiger partial charge in [0, 0.05) is 18.6 Å². The fourth-order valence-electron chi connectivity index (χ4n) is 3.06. The molecule has 3 heteroatoms. The lowest BCUT2D eigenvalue weighted by Gasteiger charge is -2.36. The van der Waals surface area contributed by atoms with Crippen LogP contribution in [0.3, 0.4) is 0 Å². The van der Waals surface area contributed by atoms with Crippen LogP contribution in [0, 0.1) is 11.3 Å². The minimum atomic E-state index is 0.0829. The summed E-state index contributed by atoms with van der Waals surface area (Å²) in [6.07, 6.45) is 2.42. The van der Waals surface area contributed by atoms with E-state index in [1.165, 1.54) is 18.4 Å². The van der Waals surface area contributed by atoms with Crippen molar-refractivity contribution in [3.8, 4) is 6.07 Å². The fourth-order valence-corrected chi connectivity index (χ4v) is 3.06. The third kappa shape index (κ3) is 1.27. The van der Waals surface area contributed by atoms with Crippen LogP contribution in [0.2, 0.25) is 0 Å². The second-order valence-corrected chi connectivity index (χ2v) is 4.69. The quantitative estimate of drug-likeness (QED) is 0.711. The molecule has 2 heterocycles. The molecule has 1 unspecified atom stereocenters. The van der Waals surface area contributed by atoms with Crippen molar-refractivity contribution in [2.45, 2.75) is 31.5 Å². The van der Waals surface area contributed by atoms with Crippen molar-refractivity contribution in [3.05, 3.63) is 34.9 Å². The molecule has 3 nitrogen and oxygen atoms in total. The zero-order valence-electron chi connectivity index (χ0n) is 9.19. The summed E-state index contributed by atoms with van der Waals surface area (Å²) in [7, 11) is 0. The molecule has 2 atom stereocenters. The molecular weight excluding hydrogens is 198 g/mol. The van der Waals surface area contributed by atoms with Gasteiger partial charge in [-0.15, -0.1) is 0 Å². The molecular formula is C13H15N3. The van der Waals surface area contributed by atoms with Crippen molar-refractivity contribution in [3.63, 3.8) is 0 Å². The molecule has 1 saturated heterocycles. The molecule has 2 aliphatic heterocycles. The van der Waals surface area contributed by atoms with Gasteiger partial charge in [-0.2, -0.15) is 5.26 Å². The molecule has 0 aliphatic carbocycles. The van der Waals surface area contributed by atoms with Gasteiger partial charge < -0.3 is 5.73 Å². The van der Waals surface area contributed by atoms with Crippen LogP contribution in [0.15, 0.2) is 18.2 Å². The first-order valence-corrected chi connectivity index (χ1v) is 5.83. The molecule has 82 valence electrons. The van der Waals surface area contributed by atoms with E-state index >= 15 is 0 Å². The molecule has 0 radical (unpaired) electrons. The Labute approximate surface area is 95.5 Å². The van der Waals surface area contributed by atoms with E-state index in [2.05, 4.69) is 17.0 Å². The van der Waals surface area contributed by atoms with Gasteiger partial charge in [0.2, 0.25) is 0 Å². The molecule has 0 bridgehead atoms. The zero-order chi connectivity index (χ0) is 11.1. The predicted molar refractivity (Wildman–Crippen MR) is 61.5 cm³/mol. The molecule has 2 aliphatic rings. The third-order valence-corrected chi connectivity index (χ3v) is 3.88. The number of hydrogen-bond acceptors (Lipinski definition) is 3. The van der Waals surface area contributed by atoms with Crippen molar-refractivity contribution < 1.29 is 0 Å². The maximum absolute atomic E-state index is 9.11. The standard InChI is InChI=1S/C13H15N3/c14-7-9-3-1-4-10-11(9)8-16-6-2-5-12(16)13(10)15/h1,3-4,12-13H,2,5-6,8,15H2/t12-,13?/m0/s1. The highest BCUT2D eigenvalue weighted by atomic mass is 15.2. The molecule has 2 N–H and O–H groups in total. The average molecular weight is 213 g/mol. The van der Waals surface area contributed by atoms with Crippen molar-refractivity contribution in [1.29, 1.82) is 5.26 Å². The van der Waals surface area contributed by atoms with Gasteiger partial charge >= 0.3 is 0 Å². The summed E-state index contributed by atoms with van der Waals surface area (Å²) in [4.78, 5) is 2.42. The first-order valence-electron chi connectivity index (χ1n) is 5.83. The van der Waals surface area contributed by atoms with Crippen LogP contribution in [-0.4, -0.2) is 17.5 Å². The van der Waals surface area contributed by atoms with Gasteiger partial charge in [-0.1, -0.05) is 12.1 Å². The normalized spacial score (nSPS) is 28.2. The molecule has 0 saturated carbocycles. The summed E-state index contributed by atoms with van der Waals surface area (Å²) < 4.78 is 0. The van der Waals surface area contributed by atoms with Gasteiger partial charge in [0.1, 0.15) is 0 Å². The Bertz CT molecular complexity index is 461. The minimum Gasteiger partial charge on any atom is -0.323 e. The minimum absolute atomic E-state index is 0.0829. The number of nitriles is 1. The lowest BCUT2D eigenvalue weighted by molar-refractivity contribution is 0.197. The highest BCUT2D eigenvalue weighted by Crippen LogP contribution is 2.36. The predicted octanol–water partition coefficient (Wildman–Crippen LogP) is 1.54. The molecule has 0 amide bonds. The van der Waals surface area contributed by atoms with Crippen LogP contribution in [0.25, 0.3) is 0 Å². The SMILES string of the molecule is N#Cc1cccc2c1CN1CCC[C@H]1C2N. The number of nitrogens with zero attached hydrogens (tertiary/aromatic N) is 2. The van der Waals surface area contributed by atoms with Gasteiger partial charge in [-0.25, -0.2) is 0 Å². The van der Waals surface area contributed by atoms with E-state index in [9.17, 15) is 0 Å². The number of hydrogen-bond donors (Lipinski definition) is 1. The molecule has 3 rings (SSSR count). The third-order valence-electron chi connectivity index (χ3n) is 3.88. The van der Waals surface area contributed by atoms with Gasteiger partial charge in [-0.05, 0) is 36.6 Å². The lowest BCUT2D eigenvalue weighted by Crippen LogP contribution is -2.42.